The van der Waals surface area contributed by atoms with Gasteiger partial charge in [0.25, 0.3) is 0 Å². The molecule has 0 saturated heterocycles. The minimum atomic E-state index is -0.487. The highest BCUT2D eigenvalue weighted by Crippen LogP contribution is 2.14. The number of rotatable bonds is 5. The Kier molecular flexibility index (Phi) is 6.49. The molecular weight excluding hydrogens is 220 g/mol. The fraction of sp³-hybridized carbons (Fsp3) is 0.917. The largest absolute Gasteiger partial charge is 0.444 e. The van der Waals surface area contributed by atoms with Crippen molar-refractivity contribution in [1.29, 1.82) is 0 Å². The third-order valence-electron chi connectivity index (χ3n) is 2.37. The quantitative estimate of drug-likeness (QED) is 0.728. The first-order chi connectivity index (χ1) is 7.67. The molecule has 0 aliphatic carbocycles. The van der Waals surface area contributed by atoms with Crippen LogP contribution in [0, 0.1) is 11.8 Å². The predicted octanol–water partition coefficient (Wildman–Crippen LogP) is 2.06. The zero-order valence-electron chi connectivity index (χ0n) is 11.7. The van der Waals surface area contributed by atoms with Crippen molar-refractivity contribution < 1.29 is 14.4 Å². The van der Waals surface area contributed by atoms with Gasteiger partial charge in [0, 0.05) is 12.0 Å². The SMILES string of the molecule is CC(C)C(NC(=O)OC(C)(C)C)C(C)CON. The number of hydrogen-bond donors (Lipinski definition) is 2. The van der Waals surface area contributed by atoms with E-state index in [-0.39, 0.29) is 17.9 Å². The van der Waals surface area contributed by atoms with Crippen molar-refractivity contribution in [3.8, 4) is 0 Å². The molecule has 0 heterocycles. The Morgan fingerprint density at radius 2 is 1.82 bits per heavy atom. The van der Waals surface area contributed by atoms with Gasteiger partial charge < -0.3 is 14.9 Å². The van der Waals surface area contributed by atoms with Crippen LogP contribution in [0.25, 0.3) is 0 Å². The summed E-state index contributed by atoms with van der Waals surface area (Å²) in [6, 6.07) is -0.0200. The lowest BCUT2D eigenvalue weighted by Crippen LogP contribution is -2.46. The molecular formula is C12H26N2O3. The minimum Gasteiger partial charge on any atom is -0.444 e. The van der Waals surface area contributed by atoms with Crippen LogP contribution in [0.5, 0.6) is 0 Å². The van der Waals surface area contributed by atoms with Crippen molar-refractivity contribution in [2.24, 2.45) is 17.7 Å². The van der Waals surface area contributed by atoms with Gasteiger partial charge in [0.1, 0.15) is 5.60 Å². The van der Waals surface area contributed by atoms with E-state index in [9.17, 15) is 4.79 Å². The molecule has 2 unspecified atom stereocenters. The normalized spacial score (nSPS) is 15.5. The van der Waals surface area contributed by atoms with Crippen molar-refractivity contribution in [3.63, 3.8) is 0 Å². The van der Waals surface area contributed by atoms with E-state index in [1.807, 2.05) is 41.5 Å². The van der Waals surface area contributed by atoms with Crippen molar-refractivity contribution >= 4 is 6.09 Å². The number of nitrogens with one attached hydrogen (secondary N) is 1. The van der Waals surface area contributed by atoms with Crippen LogP contribution in [0.3, 0.4) is 0 Å². The number of carbonyl (C=O) groups excluding carboxylic acids is 1. The average molecular weight is 246 g/mol. The lowest BCUT2D eigenvalue weighted by atomic mass is 9.92. The fourth-order valence-electron chi connectivity index (χ4n) is 1.67. The van der Waals surface area contributed by atoms with E-state index in [1.165, 1.54) is 0 Å². The third kappa shape index (κ3) is 7.18. The molecule has 0 aromatic heterocycles. The summed E-state index contributed by atoms with van der Waals surface area (Å²) in [5.41, 5.74) is -0.487. The lowest BCUT2D eigenvalue weighted by molar-refractivity contribution is 0.0404. The Balaban J connectivity index is 4.40. The van der Waals surface area contributed by atoms with Gasteiger partial charge in [-0.25, -0.2) is 10.7 Å². The Morgan fingerprint density at radius 3 is 2.18 bits per heavy atom. The highest BCUT2D eigenvalue weighted by atomic mass is 16.6. The molecule has 0 aromatic rings. The summed E-state index contributed by atoms with van der Waals surface area (Å²) >= 11 is 0. The number of hydrogen-bond acceptors (Lipinski definition) is 4. The number of amides is 1. The van der Waals surface area contributed by atoms with Crippen LogP contribution in [0.4, 0.5) is 4.79 Å². The second-order valence-corrected chi connectivity index (χ2v) is 5.73. The molecule has 1 amide bonds. The second-order valence-electron chi connectivity index (χ2n) is 5.73. The number of nitrogens with two attached hydrogens (primary N) is 1. The molecule has 0 spiro atoms. The van der Waals surface area contributed by atoms with Crippen molar-refractivity contribution in [2.75, 3.05) is 6.61 Å². The Bertz CT molecular complexity index is 236. The van der Waals surface area contributed by atoms with Crippen LogP contribution in [0.15, 0.2) is 0 Å². The number of alkyl carbamates (subject to hydrolysis) is 1. The van der Waals surface area contributed by atoms with Gasteiger partial charge in [0.05, 0.1) is 6.61 Å². The first-order valence-corrected chi connectivity index (χ1v) is 5.98. The molecule has 0 aliphatic rings. The molecule has 0 radical (unpaired) electrons. The van der Waals surface area contributed by atoms with Crippen LogP contribution in [-0.2, 0) is 9.57 Å². The molecule has 0 saturated carbocycles. The van der Waals surface area contributed by atoms with Gasteiger partial charge in [0.2, 0.25) is 0 Å². The molecule has 0 aromatic carbocycles. The van der Waals surface area contributed by atoms with Crippen LogP contribution < -0.4 is 11.2 Å². The molecule has 5 nitrogen and oxygen atoms in total. The first kappa shape index (κ1) is 16.2. The highest BCUT2D eigenvalue weighted by molar-refractivity contribution is 5.68. The standard InChI is InChI=1S/C12H26N2O3/c1-8(2)10(9(3)7-16-13)14-11(15)17-12(4,5)6/h8-10H,7,13H2,1-6H3,(H,14,15). The molecule has 0 fully saturated rings. The second kappa shape index (κ2) is 6.81. The topological polar surface area (TPSA) is 73.6 Å². The van der Waals surface area contributed by atoms with E-state index in [0.717, 1.165) is 0 Å². The van der Waals surface area contributed by atoms with E-state index in [0.29, 0.717) is 6.61 Å². The molecule has 5 heteroatoms. The van der Waals surface area contributed by atoms with Crippen molar-refractivity contribution in [1.82, 2.24) is 5.32 Å². The van der Waals surface area contributed by atoms with Crippen LogP contribution in [0.1, 0.15) is 41.5 Å². The van der Waals surface area contributed by atoms with Crippen molar-refractivity contribution in [3.05, 3.63) is 0 Å². The summed E-state index contributed by atoms with van der Waals surface area (Å²) in [7, 11) is 0. The number of carbonyl (C=O) groups is 1. The molecule has 2 atom stereocenters. The van der Waals surface area contributed by atoms with Crippen LogP contribution in [0.2, 0.25) is 0 Å². The van der Waals surface area contributed by atoms with Gasteiger partial charge in [0.15, 0.2) is 0 Å². The predicted molar refractivity (Wildman–Crippen MR) is 67.3 cm³/mol. The maximum absolute atomic E-state index is 11.7. The summed E-state index contributed by atoms with van der Waals surface area (Å²) in [6.45, 7) is 12.0. The lowest BCUT2D eigenvalue weighted by Gasteiger charge is -2.29. The molecule has 17 heavy (non-hydrogen) atoms. The van der Waals surface area contributed by atoms with Gasteiger partial charge in [-0.05, 0) is 26.7 Å². The van der Waals surface area contributed by atoms with Gasteiger partial charge >= 0.3 is 6.09 Å². The van der Waals surface area contributed by atoms with Crippen LogP contribution >= 0.6 is 0 Å². The van der Waals surface area contributed by atoms with E-state index < -0.39 is 11.7 Å². The first-order valence-electron chi connectivity index (χ1n) is 5.98. The molecule has 0 rings (SSSR count). The van der Waals surface area contributed by atoms with E-state index in [1.54, 1.807) is 0 Å². The maximum Gasteiger partial charge on any atom is 0.407 e. The summed E-state index contributed by atoms with van der Waals surface area (Å²) in [5.74, 6) is 5.47. The monoisotopic (exact) mass is 246 g/mol. The zero-order valence-corrected chi connectivity index (χ0v) is 11.7. The van der Waals surface area contributed by atoms with E-state index in [2.05, 4.69) is 10.2 Å². The zero-order chi connectivity index (χ0) is 13.6. The molecule has 3 N–H and O–H groups in total. The van der Waals surface area contributed by atoms with Gasteiger partial charge in [-0.1, -0.05) is 20.8 Å². The summed E-state index contributed by atoms with van der Waals surface area (Å²) in [6.07, 6.45) is -0.403. The van der Waals surface area contributed by atoms with Gasteiger partial charge in [-0.15, -0.1) is 0 Å². The molecule has 102 valence electrons. The van der Waals surface area contributed by atoms with Crippen LogP contribution in [-0.4, -0.2) is 24.3 Å². The van der Waals surface area contributed by atoms with Gasteiger partial charge in [-0.2, -0.15) is 0 Å². The van der Waals surface area contributed by atoms with Crippen molar-refractivity contribution in [2.45, 2.75) is 53.2 Å². The summed E-state index contributed by atoms with van der Waals surface area (Å²) in [4.78, 5) is 16.3. The Hall–Kier alpha value is -0.810. The highest BCUT2D eigenvalue weighted by Gasteiger charge is 2.25. The smallest absolute Gasteiger partial charge is 0.407 e. The van der Waals surface area contributed by atoms with E-state index in [4.69, 9.17) is 10.6 Å². The summed E-state index contributed by atoms with van der Waals surface area (Å²) in [5, 5.41) is 2.86. The Morgan fingerprint density at radius 1 is 1.29 bits per heavy atom. The number of ether oxygens (including phenoxy) is 1. The average Bonchev–Trinajstić information content (AvgIpc) is 2.11. The third-order valence-corrected chi connectivity index (χ3v) is 2.37. The van der Waals surface area contributed by atoms with Gasteiger partial charge in [-0.3, -0.25) is 0 Å². The van der Waals surface area contributed by atoms with E-state index >= 15 is 0 Å². The molecule has 0 aliphatic heterocycles. The Labute approximate surface area is 104 Å². The fourth-order valence-corrected chi connectivity index (χ4v) is 1.67. The maximum atomic E-state index is 11.7. The molecule has 0 bridgehead atoms. The summed E-state index contributed by atoms with van der Waals surface area (Å²) < 4.78 is 5.22. The minimum absolute atomic E-state index is 0.0200.